The van der Waals surface area contributed by atoms with E-state index in [1.54, 1.807) is 26.0 Å². The zero-order chi connectivity index (χ0) is 11.7. The van der Waals surface area contributed by atoms with Gasteiger partial charge in [-0.05, 0) is 43.5 Å². The van der Waals surface area contributed by atoms with Crippen molar-refractivity contribution in [2.24, 2.45) is 5.92 Å². The van der Waals surface area contributed by atoms with Crippen LogP contribution in [0.15, 0.2) is 12.1 Å². The number of carbonyl (C=O) groups is 1. The lowest BCUT2D eigenvalue weighted by atomic mass is 9.94. The van der Waals surface area contributed by atoms with E-state index in [0.29, 0.717) is 29.9 Å². The van der Waals surface area contributed by atoms with Crippen LogP contribution in [-0.4, -0.2) is 19.0 Å². The Morgan fingerprint density at radius 3 is 2.50 bits per heavy atom. The minimum atomic E-state index is -0.223. The maximum atomic E-state index is 13.4. The molecule has 1 aliphatic rings. The fourth-order valence-electron chi connectivity index (χ4n) is 2.07. The van der Waals surface area contributed by atoms with E-state index in [2.05, 4.69) is 0 Å². The SMILES string of the molecule is Cc1cc(C(=O)C2CCOC2)cc(C)c1F. The van der Waals surface area contributed by atoms with E-state index in [0.717, 1.165) is 6.42 Å². The normalized spacial score (nSPS) is 20.1. The van der Waals surface area contributed by atoms with Gasteiger partial charge in [0.05, 0.1) is 6.61 Å². The molecule has 16 heavy (non-hydrogen) atoms. The molecule has 2 rings (SSSR count). The third-order valence-corrected chi connectivity index (χ3v) is 3.02. The number of rotatable bonds is 2. The number of hydrogen-bond donors (Lipinski definition) is 0. The predicted octanol–water partition coefficient (Wildman–Crippen LogP) is 2.66. The molecular weight excluding hydrogens is 207 g/mol. The van der Waals surface area contributed by atoms with E-state index in [1.807, 2.05) is 0 Å². The molecule has 1 unspecified atom stereocenters. The molecular formula is C13H15FO2. The van der Waals surface area contributed by atoms with Crippen molar-refractivity contribution in [3.05, 3.63) is 34.6 Å². The van der Waals surface area contributed by atoms with Crippen LogP contribution >= 0.6 is 0 Å². The second-order valence-corrected chi connectivity index (χ2v) is 4.35. The summed E-state index contributed by atoms with van der Waals surface area (Å²) in [5.41, 5.74) is 1.66. The van der Waals surface area contributed by atoms with Crippen molar-refractivity contribution in [2.75, 3.05) is 13.2 Å². The number of Topliss-reactive ketones (excluding diaryl/α,β-unsaturated/α-hetero) is 1. The van der Waals surface area contributed by atoms with Crippen LogP contribution in [-0.2, 0) is 4.74 Å². The molecule has 0 saturated carbocycles. The topological polar surface area (TPSA) is 26.3 Å². The molecule has 0 aromatic heterocycles. The first-order chi connectivity index (χ1) is 7.59. The number of aryl methyl sites for hydroxylation is 2. The monoisotopic (exact) mass is 222 g/mol. The fourth-order valence-corrected chi connectivity index (χ4v) is 2.07. The van der Waals surface area contributed by atoms with Gasteiger partial charge in [-0.15, -0.1) is 0 Å². The quantitative estimate of drug-likeness (QED) is 0.719. The third-order valence-electron chi connectivity index (χ3n) is 3.02. The standard InChI is InChI=1S/C13H15FO2/c1-8-5-11(6-9(2)12(8)14)13(15)10-3-4-16-7-10/h5-6,10H,3-4,7H2,1-2H3. The van der Waals surface area contributed by atoms with Crippen molar-refractivity contribution in [1.29, 1.82) is 0 Å². The maximum absolute atomic E-state index is 13.4. The predicted molar refractivity (Wildman–Crippen MR) is 59.1 cm³/mol. The van der Waals surface area contributed by atoms with Gasteiger partial charge in [0.1, 0.15) is 5.82 Å². The van der Waals surface area contributed by atoms with Gasteiger partial charge in [0.15, 0.2) is 5.78 Å². The third kappa shape index (κ3) is 2.00. The molecule has 1 atom stereocenters. The second kappa shape index (κ2) is 4.34. The zero-order valence-electron chi connectivity index (χ0n) is 9.55. The van der Waals surface area contributed by atoms with Crippen LogP contribution in [0.5, 0.6) is 0 Å². The number of carbonyl (C=O) groups excluding carboxylic acids is 1. The van der Waals surface area contributed by atoms with Crippen LogP contribution in [0, 0.1) is 25.6 Å². The Morgan fingerprint density at radius 1 is 1.38 bits per heavy atom. The average Bonchev–Trinajstić information content (AvgIpc) is 2.77. The summed E-state index contributed by atoms with van der Waals surface area (Å²) in [4.78, 5) is 12.1. The van der Waals surface area contributed by atoms with Gasteiger partial charge in [0, 0.05) is 18.1 Å². The van der Waals surface area contributed by atoms with E-state index in [1.165, 1.54) is 0 Å². The molecule has 3 heteroatoms. The van der Waals surface area contributed by atoms with Crippen molar-refractivity contribution in [1.82, 2.24) is 0 Å². The van der Waals surface area contributed by atoms with E-state index >= 15 is 0 Å². The lowest BCUT2D eigenvalue weighted by molar-refractivity contribution is 0.0900. The van der Waals surface area contributed by atoms with Crippen LogP contribution in [0.1, 0.15) is 27.9 Å². The van der Waals surface area contributed by atoms with Crippen LogP contribution in [0.2, 0.25) is 0 Å². The van der Waals surface area contributed by atoms with Gasteiger partial charge < -0.3 is 4.74 Å². The molecule has 2 nitrogen and oxygen atoms in total. The van der Waals surface area contributed by atoms with Gasteiger partial charge in [-0.2, -0.15) is 0 Å². The lowest BCUT2D eigenvalue weighted by Gasteiger charge is -2.09. The molecule has 1 saturated heterocycles. The summed E-state index contributed by atoms with van der Waals surface area (Å²) in [6.45, 7) is 4.51. The Balaban J connectivity index is 2.29. The Hall–Kier alpha value is -1.22. The first kappa shape index (κ1) is 11.3. The summed E-state index contributed by atoms with van der Waals surface area (Å²) < 4.78 is 18.6. The number of hydrogen-bond acceptors (Lipinski definition) is 2. The maximum Gasteiger partial charge on any atom is 0.168 e. The summed E-state index contributed by atoms with van der Waals surface area (Å²) >= 11 is 0. The van der Waals surface area contributed by atoms with Crippen molar-refractivity contribution in [3.8, 4) is 0 Å². The smallest absolute Gasteiger partial charge is 0.168 e. The molecule has 86 valence electrons. The van der Waals surface area contributed by atoms with E-state index in [-0.39, 0.29) is 17.5 Å². The summed E-state index contributed by atoms with van der Waals surface area (Å²) in [6.07, 6.45) is 0.772. The Bertz CT molecular complexity index is 397. The van der Waals surface area contributed by atoms with Crippen LogP contribution < -0.4 is 0 Å². The first-order valence-electron chi connectivity index (χ1n) is 5.48. The van der Waals surface area contributed by atoms with Crippen molar-refractivity contribution in [3.63, 3.8) is 0 Å². The molecule has 1 heterocycles. The van der Waals surface area contributed by atoms with Crippen molar-refractivity contribution >= 4 is 5.78 Å². The van der Waals surface area contributed by atoms with Crippen molar-refractivity contribution in [2.45, 2.75) is 20.3 Å². The van der Waals surface area contributed by atoms with E-state index < -0.39 is 0 Å². The number of ether oxygens (including phenoxy) is 1. The Morgan fingerprint density at radius 2 is 2.00 bits per heavy atom. The molecule has 0 radical (unpaired) electrons. The molecule has 1 aliphatic heterocycles. The number of benzene rings is 1. The zero-order valence-corrected chi connectivity index (χ0v) is 9.55. The van der Waals surface area contributed by atoms with E-state index in [4.69, 9.17) is 4.74 Å². The van der Waals surface area contributed by atoms with Gasteiger partial charge in [-0.25, -0.2) is 4.39 Å². The Labute approximate surface area is 94.4 Å². The van der Waals surface area contributed by atoms with Gasteiger partial charge in [0.2, 0.25) is 0 Å². The average molecular weight is 222 g/mol. The summed E-state index contributed by atoms with van der Waals surface area (Å²) in [7, 11) is 0. The minimum Gasteiger partial charge on any atom is -0.381 e. The number of ketones is 1. The highest BCUT2D eigenvalue weighted by Gasteiger charge is 2.25. The highest BCUT2D eigenvalue weighted by molar-refractivity contribution is 5.98. The molecule has 0 bridgehead atoms. The highest BCUT2D eigenvalue weighted by atomic mass is 19.1. The summed E-state index contributed by atoms with van der Waals surface area (Å²) in [5, 5.41) is 0. The highest BCUT2D eigenvalue weighted by Crippen LogP contribution is 2.21. The summed E-state index contributed by atoms with van der Waals surface area (Å²) in [6, 6.07) is 3.26. The van der Waals surface area contributed by atoms with Crippen LogP contribution in [0.3, 0.4) is 0 Å². The lowest BCUT2D eigenvalue weighted by Crippen LogP contribution is -2.15. The van der Waals surface area contributed by atoms with Crippen molar-refractivity contribution < 1.29 is 13.9 Å². The van der Waals surface area contributed by atoms with Crippen LogP contribution in [0.4, 0.5) is 4.39 Å². The number of halogens is 1. The molecule has 0 N–H and O–H groups in total. The molecule has 1 aromatic carbocycles. The van der Waals surface area contributed by atoms with Crippen LogP contribution in [0.25, 0.3) is 0 Å². The van der Waals surface area contributed by atoms with Gasteiger partial charge in [0.25, 0.3) is 0 Å². The largest absolute Gasteiger partial charge is 0.381 e. The van der Waals surface area contributed by atoms with Gasteiger partial charge >= 0.3 is 0 Å². The van der Waals surface area contributed by atoms with E-state index in [9.17, 15) is 9.18 Å². The molecule has 0 spiro atoms. The van der Waals surface area contributed by atoms with Gasteiger partial charge in [-0.3, -0.25) is 4.79 Å². The molecule has 1 fully saturated rings. The Kier molecular flexibility index (Phi) is 3.06. The molecule has 1 aromatic rings. The minimum absolute atomic E-state index is 0.0516. The summed E-state index contributed by atoms with van der Waals surface area (Å²) in [5.74, 6) is -0.202. The molecule has 0 aliphatic carbocycles. The fraction of sp³-hybridized carbons (Fsp3) is 0.462. The molecule has 0 amide bonds. The van der Waals surface area contributed by atoms with Gasteiger partial charge in [-0.1, -0.05) is 0 Å². The second-order valence-electron chi connectivity index (χ2n) is 4.35. The first-order valence-corrected chi connectivity index (χ1v) is 5.48.